The van der Waals surface area contributed by atoms with Gasteiger partial charge >= 0.3 is 0 Å². The van der Waals surface area contributed by atoms with Crippen molar-refractivity contribution in [2.45, 2.75) is 25.8 Å². The van der Waals surface area contributed by atoms with Crippen molar-refractivity contribution in [3.05, 3.63) is 23.8 Å². The number of hydrogen-bond acceptors (Lipinski definition) is 5. The smallest absolute Gasteiger partial charge is 0.281 e. The first-order valence-electron chi connectivity index (χ1n) is 8.06. The number of hydrogen-bond donors (Lipinski definition) is 0. The highest BCUT2D eigenvalue weighted by Gasteiger charge is 2.41. The van der Waals surface area contributed by atoms with E-state index in [9.17, 15) is 13.2 Å². The zero-order valence-electron chi connectivity index (χ0n) is 14.2. The molecule has 9 heteroatoms. The summed E-state index contributed by atoms with van der Waals surface area (Å²) in [6, 6.07) is -0.117. The van der Waals surface area contributed by atoms with Gasteiger partial charge in [-0.25, -0.2) is 4.98 Å². The first kappa shape index (κ1) is 17.2. The lowest BCUT2D eigenvalue weighted by Crippen LogP contribution is -2.48. The van der Waals surface area contributed by atoms with Crippen molar-refractivity contribution >= 4 is 16.1 Å². The molecular weight excluding hydrogens is 330 g/mol. The van der Waals surface area contributed by atoms with E-state index >= 15 is 0 Å². The number of aryl methyl sites for hydroxylation is 1. The molecule has 0 aromatic carbocycles. The minimum atomic E-state index is -3.47. The van der Waals surface area contributed by atoms with E-state index < -0.39 is 10.2 Å². The second kappa shape index (κ2) is 6.38. The fourth-order valence-corrected chi connectivity index (χ4v) is 4.58. The SMILES string of the molecule is Cc1cnc(C(=O)N2C[C@H]3CC[C@@H]2CN(S(=O)(=O)N(C)C)C3)cn1. The zero-order valence-corrected chi connectivity index (χ0v) is 15.0. The molecule has 3 fully saturated rings. The monoisotopic (exact) mass is 353 g/mol. The van der Waals surface area contributed by atoms with Gasteiger partial charge in [0, 0.05) is 46.0 Å². The van der Waals surface area contributed by atoms with Crippen LogP contribution in [0.3, 0.4) is 0 Å². The van der Waals surface area contributed by atoms with Crippen molar-refractivity contribution < 1.29 is 13.2 Å². The molecule has 1 aromatic heterocycles. The summed E-state index contributed by atoms with van der Waals surface area (Å²) in [7, 11) is -0.398. The van der Waals surface area contributed by atoms with Gasteiger partial charge in [-0.15, -0.1) is 0 Å². The van der Waals surface area contributed by atoms with Gasteiger partial charge in [0.2, 0.25) is 0 Å². The Kier molecular flexibility index (Phi) is 4.58. The second-order valence-corrected chi connectivity index (χ2v) is 8.85. The van der Waals surface area contributed by atoms with E-state index in [2.05, 4.69) is 9.97 Å². The lowest BCUT2D eigenvalue weighted by Gasteiger charge is -2.35. The average molecular weight is 353 g/mol. The van der Waals surface area contributed by atoms with E-state index in [0.717, 1.165) is 18.5 Å². The van der Waals surface area contributed by atoms with Crippen LogP contribution in [-0.2, 0) is 10.2 Å². The summed E-state index contributed by atoms with van der Waals surface area (Å²) >= 11 is 0. The minimum Gasteiger partial charge on any atom is -0.333 e. The van der Waals surface area contributed by atoms with Gasteiger partial charge in [-0.2, -0.15) is 17.0 Å². The lowest BCUT2D eigenvalue weighted by molar-refractivity contribution is 0.0582. The van der Waals surface area contributed by atoms with Crippen molar-refractivity contribution in [1.29, 1.82) is 0 Å². The van der Waals surface area contributed by atoms with Gasteiger partial charge < -0.3 is 4.90 Å². The Morgan fingerprint density at radius 1 is 1.17 bits per heavy atom. The van der Waals surface area contributed by atoms with Crippen LogP contribution in [0.2, 0.25) is 0 Å². The Balaban J connectivity index is 1.83. The Hall–Kier alpha value is -1.58. The second-order valence-electron chi connectivity index (χ2n) is 6.70. The van der Waals surface area contributed by atoms with Gasteiger partial charge in [-0.1, -0.05) is 0 Å². The van der Waals surface area contributed by atoms with Gasteiger partial charge in [0.05, 0.1) is 11.9 Å². The van der Waals surface area contributed by atoms with Crippen LogP contribution in [0.15, 0.2) is 12.4 Å². The summed E-state index contributed by atoms with van der Waals surface area (Å²) in [6.45, 7) is 3.18. The minimum absolute atomic E-state index is 0.117. The maximum atomic E-state index is 12.8. The Morgan fingerprint density at radius 3 is 2.54 bits per heavy atom. The molecule has 0 aliphatic carbocycles. The lowest BCUT2D eigenvalue weighted by atomic mass is 9.95. The fraction of sp³-hybridized carbons (Fsp3) is 0.667. The van der Waals surface area contributed by atoms with Crippen molar-refractivity contribution in [3.8, 4) is 0 Å². The number of piperidine rings is 1. The number of fused-ring (bicyclic) bond motifs is 4. The zero-order chi connectivity index (χ0) is 17.5. The number of carbonyl (C=O) groups is 1. The average Bonchev–Trinajstić information content (AvgIpc) is 2.87. The molecule has 4 heterocycles. The van der Waals surface area contributed by atoms with E-state index in [-0.39, 0.29) is 17.9 Å². The van der Waals surface area contributed by atoms with Crippen LogP contribution in [0.25, 0.3) is 0 Å². The molecule has 24 heavy (non-hydrogen) atoms. The molecule has 0 saturated carbocycles. The summed E-state index contributed by atoms with van der Waals surface area (Å²) in [5, 5.41) is 0. The predicted molar refractivity (Wildman–Crippen MR) is 88.5 cm³/mol. The number of rotatable bonds is 3. The molecular formula is C15H23N5O3S. The first-order chi connectivity index (χ1) is 11.3. The molecule has 8 nitrogen and oxygen atoms in total. The van der Waals surface area contributed by atoms with Crippen LogP contribution < -0.4 is 0 Å². The number of carbonyl (C=O) groups excluding carboxylic acids is 1. The molecule has 132 valence electrons. The summed E-state index contributed by atoms with van der Waals surface area (Å²) in [6.07, 6.45) is 4.82. The maximum absolute atomic E-state index is 12.8. The van der Waals surface area contributed by atoms with Crippen LogP contribution >= 0.6 is 0 Å². The summed E-state index contributed by atoms with van der Waals surface area (Å²) in [5.41, 5.74) is 1.07. The third-order valence-corrected chi connectivity index (χ3v) is 6.60. The molecule has 4 rings (SSSR count). The van der Waals surface area contributed by atoms with Crippen molar-refractivity contribution in [2.75, 3.05) is 33.7 Å². The van der Waals surface area contributed by atoms with Gasteiger partial charge in [-0.05, 0) is 25.7 Å². The fourth-order valence-electron chi connectivity index (χ4n) is 3.36. The van der Waals surface area contributed by atoms with E-state index in [0.29, 0.717) is 25.3 Å². The quantitative estimate of drug-likeness (QED) is 0.771. The van der Waals surface area contributed by atoms with E-state index in [4.69, 9.17) is 0 Å². The molecule has 0 spiro atoms. The molecule has 2 atom stereocenters. The standard InChI is InChI=1S/C15H23N5O3S/c1-11-6-17-14(7-16-11)15(21)20-9-12-4-5-13(20)10-19(8-12)24(22,23)18(2)3/h6-7,12-13H,4-5,8-10H2,1-3H3/t12-,13+/m0/s1. The third-order valence-electron chi connectivity index (χ3n) is 4.73. The Morgan fingerprint density at radius 2 is 1.92 bits per heavy atom. The summed E-state index contributed by atoms with van der Waals surface area (Å²) in [4.78, 5) is 22.9. The topological polar surface area (TPSA) is 86.7 Å². The Labute approximate surface area is 142 Å². The largest absolute Gasteiger partial charge is 0.333 e. The van der Waals surface area contributed by atoms with E-state index in [1.165, 1.54) is 28.9 Å². The molecule has 3 saturated heterocycles. The van der Waals surface area contributed by atoms with Crippen LogP contribution in [0.4, 0.5) is 0 Å². The molecule has 3 aliphatic heterocycles. The molecule has 0 radical (unpaired) electrons. The van der Waals surface area contributed by atoms with Crippen LogP contribution in [0.5, 0.6) is 0 Å². The van der Waals surface area contributed by atoms with Crippen LogP contribution in [0.1, 0.15) is 29.0 Å². The highest BCUT2D eigenvalue weighted by molar-refractivity contribution is 7.86. The van der Waals surface area contributed by atoms with Crippen molar-refractivity contribution in [2.24, 2.45) is 5.92 Å². The normalized spacial score (nSPS) is 25.1. The first-order valence-corrected chi connectivity index (χ1v) is 9.46. The molecule has 0 N–H and O–H groups in total. The van der Waals surface area contributed by atoms with Crippen LogP contribution in [0, 0.1) is 12.8 Å². The molecule has 0 unspecified atom stereocenters. The molecule has 1 amide bonds. The summed E-state index contributed by atoms with van der Waals surface area (Å²) < 4.78 is 27.7. The molecule has 1 aromatic rings. The highest BCUT2D eigenvalue weighted by Crippen LogP contribution is 2.30. The highest BCUT2D eigenvalue weighted by atomic mass is 32.2. The number of amides is 1. The van der Waals surface area contributed by atoms with Gasteiger partial charge in [0.25, 0.3) is 16.1 Å². The van der Waals surface area contributed by atoms with Gasteiger partial charge in [-0.3, -0.25) is 9.78 Å². The number of aromatic nitrogens is 2. The number of nitrogens with zero attached hydrogens (tertiary/aromatic N) is 5. The maximum Gasteiger partial charge on any atom is 0.281 e. The summed E-state index contributed by atoms with van der Waals surface area (Å²) in [5.74, 6) is -0.0119. The third kappa shape index (κ3) is 3.15. The molecule has 3 aliphatic rings. The van der Waals surface area contributed by atoms with E-state index in [1.807, 2.05) is 6.92 Å². The van der Waals surface area contributed by atoms with Crippen molar-refractivity contribution in [3.63, 3.8) is 0 Å². The molecule has 2 bridgehead atoms. The van der Waals surface area contributed by atoms with Gasteiger partial charge in [0.1, 0.15) is 5.69 Å². The predicted octanol–water partition coefficient (Wildman–Crippen LogP) is 0.128. The Bertz CT molecular complexity index is 719. The van der Waals surface area contributed by atoms with Crippen LogP contribution in [-0.4, -0.2) is 77.6 Å². The van der Waals surface area contributed by atoms with Gasteiger partial charge in [0.15, 0.2) is 0 Å². The van der Waals surface area contributed by atoms with Crippen molar-refractivity contribution in [1.82, 2.24) is 23.5 Å². The van der Waals surface area contributed by atoms with E-state index in [1.54, 1.807) is 11.1 Å².